The van der Waals surface area contributed by atoms with Crippen LogP contribution in [0.25, 0.3) is 0 Å². The summed E-state index contributed by atoms with van der Waals surface area (Å²) in [7, 11) is 2.95. The maximum Gasteiger partial charge on any atom is 0.409 e. The van der Waals surface area contributed by atoms with Crippen molar-refractivity contribution in [2.24, 2.45) is 5.92 Å². The molecule has 0 aromatic heterocycles. The minimum atomic E-state index is -0.964. The van der Waals surface area contributed by atoms with Crippen LogP contribution in [-0.2, 0) is 25.7 Å². The van der Waals surface area contributed by atoms with E-state index < -0.39 is 17.7 Å². The Labute approximate surface area is 142 Å². The zero-order valence-electron chi connectivity index (χ0n) is 14.9. The first-order chi connectivity index (χ1) is 11.2. The molecule has 7 heteroatoms. The number of benzene rings is 1. The Bertz CT molecular complexity index is 533. The number of hydrogen-bond acceptors (Lipinski definition) is 5. The lowest BCUT2D eigenvalue weighted by molar-refractivity contribution is -0.176. The standard InChI is InChI=1S/C17H26N2O5/c1-13(15(20)19(4)22-5)11-24-17(2,3)18-16(21)23-12-14-9-7-6-8-10-14/h6-10,13H,11-12H2,1-5H3,(H,18,21). The van der Waals surface area contributed by atoms with Crippen molar-refractivity contribution >= 4 is 12.0 Å². The number of amides is 2. The first-order valence-electron chi connectivity index (χ1n) is 7.69. The van der Waals surface area contributed by atoms with Gasteiger partial charge in [0, 0.05) is 7.05 Å². The lowest BCUT2D eigenvalue weighted by Crippen LogP contribution is -2.47. The molecule has 0 aliphatic rings. The lowest BCUT2D eigenvalue weighted by Gasteiger charge is -2.28. The van der Waals surface area contributed by atoms with E-state index in [9.17, 15) is 9.59 Å². The molecule has 134 valence electrons. The van der Waals surface area contributed by atoms with Crippen LogP contribution in [0.5, 0.6) is 0 Å². The zero-order chi connectivity index (χ0) is 18.2. The zero-order valence-corrected chi connectivity index (χ0v) is 14.9. The van der Waals surface area contributed by atoms with Crippen LogP contribution in [0, 0.1) is 5.92 Å². The van der Waals surface area contributed by atoms with Crippen molar-refractivity contribution in [1.82, 2.24) is 10.4 Å². The molecule has 0 saturated heterocycles. The summed E-state index contributed by atoms with van der Waals surface area (Å²) in [6, 6.07) is 9.38. The fourth-order valence-electron chi connectivity index (χ4n) is 1.85. The molecule has 1 aromatic rings. The molecule has 1 N–H and O–H groups in total. The van der Waals surface area contributed by atoms with Crippen LogP contribution in [-0.4, -0.2) is 43.6 Å². The van der Waals surface area contributed by atoms with E-state index in [2.05, 4.69) is 5.32 Å². The molecule has 24 heavy (non-hydrogen) atoms. The fourth-order valence-corrected chi connectivity index (χ4v) is 1.85. The Morgan fingerprint density at radius 2 is 1.88 bits per heavy atom. The summed E-state index contributed by atoms with van der Waals surface area (Å²) < 4.78 is 10.8. The van der Waals surface area contributed by atoms with Crippen molar-refractivity contribution in [1.29, 1.82) is 0 Å². The smallest absolute Gasteiger partial charge is 0.409 e. The monoisotopic (exact) mass is 338 g/mol. The second kappa shape index (κ2) is 9.24. The molecule has 0 radical (unpaired) electrons. The van der Waals surface area contributed by atoms with Crippen LogP contribution >= 0.6 is 0 Å². The number of hydroxylamine groups is 2. The molecule has 0 bridgehead atoms. The third-order valence-corrected chi connectivity index (χ3v) is 3.32. The van der Waals surface area contributed by atoms with Gasteiger partial charge in [0.25, 0.3) is 5.91 Å². The summed E-state index contributed by atoms with van der Waals surface area (Å²) in [5.74, 6) is -0.615. The van der Waals surface area contributed by atoms with E-state index in [1.54, 1.807) is 20.8 Å². The first kappa shape index (κ1) is 19.9. The summed E-state index contributed by atoms with van der Waals surface area (Å²) in [5, 5.41) is 3.77. The number of carbonyl (C=O) groups is 2. The van der Waals surface area contributed by atoms with Crippen molar-refractivity contribution in [3.8, 4) is 0 Å². The van der Waals surface area contributed by atoms with Crippen molar-refractivity contribution in [3.63, 3.8) is 0 Å². The fraction of sp³-hybridized carbons (Fsp3) is 0.529. The van der Waals surface area contributed by atoms with Gasteiger partial charge in [-0.05, 0) is 19.4 Å². The average Bonchev–Trinajstić information content (AvgIpc) is 2.57. The van der Waals surface area contributed by atoms with Crippen molar-refractivity contribution in [3.05, 3.63) is 35.9 Å². The van der Waals surface area contributed by atoms with Gasteiger partial charge in [-0.2, -0.15) is 0 Å². The second-order valence-corrected chi connectivity index (χ2v) is 5.93. The van der Waals surface area contributed by atoms with E-state index in [4.69, 9.17) is 14.3 Å². The van der Waals surface area contributed by atoms with E-state index in [0.29, 0.717) is 0 Å². The Hall–Kier alpha value is -2.12. The highest BCUT2D eigenvalue weighted by atomic mass is 16.7. The Morgan fingerprint density at radius 1 is 1.25 bits per heavy atom. The molecule has 1 unspecified atom stereocenters. The molecule has 0 spiro atoms. The number of carbonyl (C=O) groups excluding carboxylic acids is 2. The number of hydrogen-bond donors (Lipinski definition) is 1. The third-order valence-electron chi connectivity index (χ3n) is 3.32. The summed E-state index contributed by atoms with van der Waals surface area (Å²) in [4.78, 5) is 28.6. The minimum Gasteiger partial charge on any atom is -0.445 e. The number of nitrogens with one attached hydrogen (secondary N) is 1. The van der Waals surface area contributed by atoms with Gasteiger partial charge in [0.15, 0.2) is 0 Å². The molecule has 0 heterocycles. The average molecular weight is 338 g/mol. The molecular formula is C17H26N2O5. The van der Waals surface area contributed by atoms with E-state index in [0.717, 1.165) is 10.6 Å². The number of ether oxygens (including phenoxy) is 2. The van der Waals surface area contributed by atoms with Gasteiger partial charge in [-0.3, -0.25) is 14.9 Å². The number of alkyl carbamates (subject to hydrolysis) is 1. The highest BCUT2D eigenvalue weighted by Gasteiger charge is 2.25. The van der Waals surface area contributed by atoms with Crippen molar-refractivity contribution in [2.75, 3.05) is 20.8 Å². The van der Waals surface area contributed by atoms with Crippen LogP contribution < -0.4 is 5.32 Å². The van der Waals surface area contributed by atoms with Gasteiger partial charge in [0.2, 0.25) is 0 Å². The molecule has 0 aliphatic heterocycles. The number of nitrogens with zero attached hydrogens (tertiary/aromatic N) is 1. The molecule has 0 fully saturated rings. The molecule has 0 saturated carbocycles. The van der Waals surface area contributed by atoms with Gasteiger partial charge >= 0.3 is 6.09 Å². The molecular weight excluding hydrogens is 312 g/mol. The van der Waals surface area contributed by atoms with Crippen molar-refractivity contribution in [2.45, 2.75) is 33.1 Å². The Morgan fingerprint density at radius 3 is 2.46 bits per heavy atom. The molecule has 2 amide bonds. The van der Waals surface area contributed by atoms with Crippen molar-refractivity contribution < 1.29 is 23.9 Å². The highest BCUT2D eigenvalue weighted by molar-refractivity contribution is 5.77. The summed E-state index contributed by atoms with van der Waals surface area (Å²) in [6.45, 7) is 5.42. The summed E-state index contributed by atoms with van der Waals surface area (Å²) >= 11 is 0. The second-order valence-electron chi connectivity index (χ2n) is 5.93. The van der Waals surface area contributed by atoms with Gasteiger partial charge in [-0.1, -0.05) is 37.3 Å². The molecule has 1 aromatic carbocycles. The summed E-state index contributed by atoms with van der Waals surface area (Å²) in [6.07, 6.45) is -0.586. The third kappa shape index (κ3) is 6.97. The Balaban J connectivity index is 2.39. The first-order valence-corrected chi connectivity index (χ1v) is 7.69. The Kier molecular flexibility index (Phi) is 7.67. The van der Waals surface area contributed by atoms with Gasteiger partial charge in [-0.25, -0.2) is 9.86 Å². The lowest BCUT2D eigenvalue weighted by atomic mass is 10.2. The SMILES string of the molecule is CON(C)C(=O)C(C)COC(C)(C)NC(=O)OCc1ccccc1. The summed E-state index contributed by atoms with van der Waals surface area (Å²) in [5.41, 5.74) is -0.0679. The van der Waals surface area contributed by atoms with Crippen LogP contribution in [0.3, 0.4) is 0 Å². The van der Waals surface area contributed by atoms with Gasteiger partial charge in [-0.15, -0.1) is 0 Å². The topological polar surface area (TPSA) is 77.1 Å². The molecule has 1 rings (SSSR count). The highest BCUT2D eigenvalue weighted by Crippen LogP contribution is 2.10. The predicted octanol–water partition coefficient (Wildman–Crippen LogP) is 2.32. The molecule has 1 atom stereocenters. The quantitative estimate of drug-likeness (QED) is 0.581. The molecule has 0 aliphatic carbocycles. The van der Waals surface area contributed by atoms with E-state index in [1.807, 2.05) is 30.3 Å². The maximum atomic E-state index is 11.9. The van der Waals surface area contributed by atoms with Gasteiger partial charge < -0.3 is 9.47 Å². The van der Waals surface area contributed by atoms with Gasteiger partial charge in [0.1, 0.15) is 12.3 Å². The van der Waals surface area contributed by atoms with Crippen LogP contribution in [0.15, 0.2) is 30.3 Å². The normalized spacial score (nSPS) is 12.4. The maximum absolute atomic E-state index is 11.9. The largest absolute Gasteiger partial charge is 0.445 e. The van der Waals surface area contributed by atoms with Crippen LogP contribution in [0.4, 0.5) is 4.79 Å². The molecule has 7 nitrogen and oxygen atoms in total. The van der Waals surface area contributed by atoms with E-state index in [-0.39, 0.29) is 19.1 Å². The number of rotatable bonds is 8. The van der Waals surface area contributed by atoms with Gasteiger partial charge in [0.05, 0.1) is 19.6 Å². The van der Waals surface area contributed by atoms with Crippen LogP contribution in [0.2, 0.25) is 0 Å². The van der Waals surface area contributed by atoms with E-state index in [1.165, 1.54) is 14.2 Å². The minimum absolute atomic E-state index is 0.137. The predicted molar refractivity (Wildman–Crippen MR) is 88.7 cm³/mol. The van der Waals surface area contributed by atoms with E-state index >= 15 is 0 Å². The van der Waals surface area contributed by atoms with Crippen LogP contribution in [0.1, 0.15) is 26.3 Å².